The fraction of sp³-hybridized carbons (Fsp3) is 0.750. The molecule has 1 aromatic rings. The number of halogens is 1. The van der Waals surface area contributed by atoms with Gasteiger partial charge in [-0.05, 0) is 44.8 Å². The van der Waals surface area contributed by atoms with Gasteiger partial charge in [0.1, 0.15) is 5.54 Å². The van der Waals surface area contributed by atoms with E-state index in [1.54, 1.807) is 6.20 Å². The molecule has 1 saturated carbocycles. The van der Waals surface area contributed by atoms with Crippen LogP contribution in [0.3, 0.4) is 0 Å². The Hall–Kier alpha value is -1.11. The Bertz CT molecular complexity index is 468. The van der Waals surface area contributed by atoms with Gasteiger partial charge in [0.25, 0.3) is 0 Å². The molecule has 7 heteroatoms. The lowest BCUT2D eigenvalue weighted by Crippen LogP contribution is -2.55. The number of hydrogen-bond acceptors (Lipinski definition) is 4. The molecule has 6 nitrogen and oxygen atoms in total. The van der Waals surface area contributed by atoms with Crippen LogP contribution in [0.5, 0.6) is 0 Å². The Morgan fingerprint density at radius 1 is 1.35 bits per heavy atom. The standard InChI is InChI=1S/C16H26N4O2.ClH/c21-15(18-11-13-22-14-4-1-2-5-14)16(6-9-17-10-7-16)20-12-3-8-19-20;/h3,8,12,14,17H,1-2,4-7,9-11,13H2,(H,18,21);1H. The van der Waals surface area contributed by atoms with Crippen molar-refractivity contribution < 1.29 is 9.53 Å². The summed E-state index contributed by atoms with van der Waals surface area (Å²) in [7, 11) is 0. The molecule has 23 heavy (non-hydrogen) atoms. The van der Waals surface area contributed by atoms with Crippen molar-refractivity contribution in [1.29, 1.82) is 0 Å². The number of nitrogens with zero attached hydrogens (tertiary/aromatic N) is 2. The molecular weight excluding hydrogens is 316 g/mol. The third-order valence-electron chi connectivity index (χ3n) is 4.84. The molecule has 130 valence electrons. The number of nitrogens with one attached hydrogen (secondary N) is 2. The van der Waals surface area contributed by atoms with Crippen molar-refractivity contribution in [3.8, 4) is 0 Å². The number of carbonyl (C=O) groups excluding carboxylic acids is 1. The number of amides is 1. The number of carbonyl (C=O) groups is 1. The molecule has 2 heterocycles. The Morgan fingerprint density at radius 3 is 2.74 bits per heavy atom. The summed E-state index contributed by atoms with van der Waals surface area (Å²) >= 11 is 0. The normalized spacial score (nSPS) is 20.9. The quantitative estimate of drug-likeness (QED) is 0.768. The maximum absolute atomic E-state index is 12.8. The zero-order valence-corrected chi connectivity index (χ0v) is 14.3. The molecule has 0 aromatic carbocycles. The maximum atomic E-state index is 12.8. The van der Waals surface area contributed by atoms with E-state index in [1.165, 1.54) is 12.8 Å². The second kappa shape index (κ2) is 8.66. The first-order valence-electron chi connectivity index (χ1n) is 8.42. The van der Waals surface area contributed by atoms with Gasteiger partial charge in [0.05, 0.1) is 12.7 Å². The summed E-state index contributed by atoms with van der Waals surface area (Å²) in [5.74, 6) is 0.0627. The summed E-state index contributed by atoms with van der Waals surface area (Å²) in [6.07, 6.45) is 10.4. The first-order chi connectivity index (χ1) is 10.8. The van der Waals surface area contributed by atoms with Crippen molar-refractivity contribution in [2.24, 2.45) is 0 Å². The molecule has 2 N–H and O–H groups in total. The lowest BCUT2D eigenvalue weighted by Gasteiger charge is -2.36. The molecule has 0 spiro atoms. The van der Waals surface area contributed by atoms with Crippen LogP contribution in [0.1, 0.15) is 38.5 Å². The highest BCUT2D eigenvalue weighted by atomic mass is 35.5. The second-order valence-corrected chi connectivity index (χ2v) is 6.27. The van der Waals surface area contributed by atoms with E-state index in [-0.39, 0.29) is 18.3 Å². The number of hydrogen-bond donors (Lipinski definition) is 2. The minimum atomic E-state index is -0.553. The molecule has 0 atom stereocenters. The van der Waals surface area contributed by atoms with E-state index in [4.69, 9.17) is 4.74 Å². The van der Waals surface area contributed by atoms with Crippen LogP contribution < -0.4 is 10.6 Å². The van der Waals surface area contributed by atoms with Gasteiger partial charge in [-0.2, -0.15) is 5.10 Å². The summed E-state index contributed by atoms with van der Waals surface area (Å²) in [6.45, 7) is 2.85. The van der Waals surface area contributed by atoms with Crippen molar-refractivity contribution in [2.45, 2.75) is 50.2 Å². The Labute approximate surface area is 143 Å². The van der Waals surface area contributed by atoms with Crippen molar-refractivity contribution in [3.05, 3.63) is 18.5 Å². The van der Waals surface area contributed by atoms with Gasteiger partial charge in [-0.1, -0.05) is 12.8 Å². The summed E-state index contributed by atoms with van der Waals surface area (Å²) in [4.78, 5) is 12.8. The Balaban J connectivity index is 0.00000192. The smallest absolute Gasteiger partial charge is 0.248 e. The fourth-order valence-corrected chi connectivity index (χ4v) is 3.53. The summed E-state index contributed by atoms with van der Waals surface area (Å²) in [5.41, 5.74) is -0.553. The molecule has 1 aromatic heterocycles. The van der Waals surface area contributed by atoms with Crippen LogP contribution in [0.2, 0.25) is 0 Å². The minimum Gasteiger partial charge on any atom is -0.376 e. The molecule has 0 bridgehead atoms. The highest BCUT2D eigenvalue weighted by Crippen LogP contribution is 2.27. The molecule has 1 amide bonds. The summed E-state index contributed by atoms with van der Waals surface area (Å²) in [6, 6.07) is 1.88. The van der Waals surface area contributed by atoms with Gasteiger partial charge in [-0.3, -0.25) is 9.48 Å². The van der Waals surface area contributed by atoms with Crippen LogP contribution in [-0.2, 0) is 15.1 Å². The van der Waals surface area contributed by atoms with Crippen LogP contribution in [0.4, 0.5) is 0 Å². The average molecular weight is 343 g/mol. The van der Waals surface area contributed by atoms with Gasteiger partial charge >= 0.3 is 0 Å². The van der Waals surface area contributed by atoms with E-state index in [2.05, 4.69) is 15.7 Å². The van der Waals surface area contributed by atoms with Gasteiger partial charge in [0, 0.05) is 18.9 Å². The number of aromatic nitrogens is 2. The molecule has 0 unspecified atom stereocenters. The van der Waals surface area contributed by atoms with Crippen molar-refractivity contribution in [2.75, 3.05) is 26.2 Å². The monoisotopic (exact) mass is 342 g/mol. The highest BCUT2D eigenvalue weighted by Gasteiger charge is 2.41. The zero-order chi connectivity index (χ0) is 15.3. The van der Waals surface area contributed by atoms with Crippen LogP contribution in [0.25, 0.3) is 0 Å². The Morgan fingerprint density at radius 2 is 2.09 bits per heavy atom. The lowest BCUT2D eigenvalue weighted by atomic mass is 9.87. The third kappa shape index (κ3) is 4.25. The topological polar surface area (TPSA) is 68.2 Å². The zero-order valence-electron chi connectivity index (χ0n) is 13.5. The van der Waals surface area contributed by atoms with Crippen LogP contribution in [0, 0.1) is 0 Å². The van der Waals surface area contributed by atoms with Crippen LogP contribution in [-0.4, -0.2) is 48.0 Å². The molecule has 1 saturated heterocycles. The van der Waals surface area contributed by atoms with E-state index in [0.29, 0.717) is 19.3 Å². The molecule has 2 aliphatic rings. The molecule has 2 fully saturated rings. The first-order valence-corrected chi connectivity index (χ1v) is 8.42. The van der Waals surface area contributed by atoms with Crippen LogP contribution >= 0.6 is 12.4 Å². The van der Waals surface area contributed by atoms with Crippen molar-refractivity contribution in [1.82, 2.24) is 20.4 Å². The maximum Gasteiger partial charge on any atom is 0.248 e. The number of ether oxygens (including phenoxy) is 1. The first kappa shape index (κ1) is 18.2. The van der Waals surface area contributed by atoms with Gasteiger partial charge in [-0.25, -0.2) is 0 Å². The van der Waals surface area contributed by atoms with Gasteiger partial charge in [0.2, 0.25) is 5.91 Å². The van der Waals surface area contributed by atoms with Gasteiger partial charge in [-0.15, -0.1) is 12.4 Å². The van der Waals surface area contributed by atoms with Crippen molar-refractivity contribution >= 4 is 18.3 Å². The van der Waals surface area contributed by atoms with E-state index in [1.807, 2.05) is 16.9 Å². The van der Waals surface area contributed by atoms with Crippen LogP contribution in [0.15, 0.2) is 18.5 Å². The third-order valence-corrected chi connectivity index (χ3v) is 4.84. The summed E-state index contributed by atoms with van der Waals surface area (Å²) < 4.78 is 7.64. The minimum absolute atomic E-state index is 0. The highest BCUT2D eigenvalue weighted by molar-refractivity contribution is 5.85. The molecule has 1 aliphatic heterocycles. The average Bonchev–Trinajstić information content (AvgIpc) is 3.25. The van der Waals surface area contributed by atoms with Gasteiger partial charge in [0.15, 0.2) is 0 Å². The lowest BCUT2D eigenvalue weighted by molar-refractivity contribution is -0.132. The molecule has 0 radical (unpaired) electrons. The van der Waals surface area contributed by atoms with Gasteiger partial charge < -0.3 is 15.4 Å². The number of piperidine rings is 1. The molecular formula is C16H27ClN4O2. The number of rotatable bonds is 6. The second-order valence-electron chi connectivity index (χ2n) is 6.27. The van der Waals surface area contributed by atoms with E-state index in [9.17, 15) is 4.79 Å². The largest absolute Gasteiger partial charge is 0.376 e. The molecule has 1 aliphatic carbocycles. The van der Waals surface area contributed by atoms with Crippen molar-refractivity contribution in [3.63, 3.8) is 0 Å². The summed E-state index contributed by atoms with van der Waals surface area (Å²) in [5, 5.41) is 10.7. The van der Waals surface area contributed by atoms with E-state index >= 15 is 0 Å². The predicted molar refractivity (Wildman–Crippen MR) is 90.8 cm³/mol. The Kier molecular flexibility index (Phi) is 6.87. The fourth-order valence-electron chi connectivity index (χ4n) is 3.53. The SMILES string of the molecule is Cl.O=C(NCCOC1CCCC1)C1(n2cccn2)CCNCC1. The predicted octanol–water partition coefficient (Wildman–Crippen LogP) is 1.46. The molecule has 3 rings (SSSR count). The van der Waals surface area contributed by atoms with E-state index in [0.717, 1.165) is 38.8 Å². The van der Waals surface area contributed by atoms with E-state index < -0.39 is 5.54 Å².